The molecule has 74 valence electrons. The van der Waals surface area contributed by atoms with Crippen LogP contribution in [0.1, 0.15) is 20.3 Å². The van der Waals surface area contributed by atoms with Crippen LogP contribution in [0.2, 0.25) is 0 Å². The first kappa shape index (κ1) is 11.9. The molecule has 0 radical (unpaired) electrons. The van der Waals surface area contributed by atoms with Crippen LogP contribution in [0.15, 0.2) is 0 Å². The molecule has 0 aromatic heterocycles. The number of nitrogens with zero attached hydrogens (tertiary/aromatic N) is 1. The number of aliphatic hydroxyl groups is 1. The molecule has 0 spiro atoms. The Hall–Kier alpha value is -0.120. The van der Waals surface area contributed by atoms with Crippen LogP contribution in [-0.4, -0.2) is 49.5 Å². The molecule has 0 aromatic rings. The van der Waals surface area contributed by atoms with Crippen molar-refractivity contribution in [1.82, 2.24) is 4.90 Å². The molecule has 0 aliphatic heterocycles. The van der Waals surface area contributed by atoms with Gasteiger partial charge >= 0.3 is 0 Å². The van der Waals surface area contributed by atoms with Crippen LogP contribution in [0, 0.1) is 0 Å². The van der Waals surface area contributed by atoms with E-state index in [0.29, 0.717) is 0 Å². The Kier molecular flexibility index (Phi) is 7.45. The van der Waals surface area contributed by atoms with Gasteiger partial charge in [-0.05, 0) is 20.4 Å². The molecule has 0 amide bonds. The van der Waals surface area contributed by atoms with Crippen molar-refractivity contribution in [2.45, 2.75) is 26.4 Å². The van der Waals surface area contributed by atoms with Gasteiger partial charge in [-0.1, -0.05) is 6.92 Å². The van der Waals surface area contributed by atoms with E-state index in [0.717, 1.165) is 32.7 Å². The molecule has 0 fully saturated rings. The fourth-order valence-electron chi connectivity index (χ4n) is 1.01. The quantitative estimate of drug-likeness (QED) is 0.579. The van der Waals surface area contributed by atoms with Crippen LogP contribution in [0.5, 0.6) is 0 Å². The second kappa shape index (κ2) is 7.53. The lowest BCUT2D eigenvalue weighted by molar-refractivity contribution is 0.0898. The zero-order chi connectivity index (χ0) is 9.40. The molecular weight excluding hydrogens is 154 g/mol. The molecule has 1 N–H and O–H groups in total. The summed E-state index contributed by atoms with van der Waals surface area (Å²) in [6.07, 6.45) is 0.821. The largest absolute Gasteiger partial charge is 0.392 e. The molecule has 0 saturated carbocycles. The van der Waals surface area contributed by atoms with Gasteiger partial charge in [0.2, 0.25) is 0 Å². The van der Waals surface area contributed by atoms with E-state index in [9.17, 15) is 0 Å². The van der Waals surface area contributed by atoms with Gasteiger partial charge in [-0.2, -0.15) is 0 Å². The van der Waals surface area contributed by atoms with Crippen molar-refractivity contribution in [3.63, 3.8) is 0 Å². The fourth-order valence-corrected chi connectivity index (χ4v) is 1.01. The number of hydrogen-bond donors (Lipinski definition) is 1. The Balaban J connectivity index is 3.14. The molecule has 0 aliphatic carbocycles. The van der Waals surface area contributed by atoms with Crippen LogP contribution >= 0.6 is 0 Å². The van der Waals surface area contributed by atoms with Crippen molar-refractivity contribution in [2.75, 3.05) is 33.4 Å². The molecular formula is C9H21NO2. The maximum atomic E-state index is 9.04. The van der Waals surface area contributed by atoms with Crippen molar-refractivity contribution in [3.8, 4) is 0 Å². The van der Waals surface area contributed by atoms with E-state index in [-0.39, 0.29) is 6.10 Å². The molecule has 1 unspecified atom stereocenters. The minimum absolute atomic E-state index is 0.249. The smallest absolute Gasteiger partial charge is 0.0638 e. The standard InChI is InChI=1S/C9H21NO2/c1-4-6-12-7-5-10(3)8-9(2)11/h9,11H,4-8H2,1-3H3. The summed E-state index contributed by atoms with van der Waals surface area (Å²) >= 11 is 0. The summed E-state index contributed by atoms with van der Waals surface area (Å²) in [6.45, 7) is 7.10. The molecule has 3 nitrogen and oxygen atoms in total. The van der Waals surface area contributed by atoms with Gasteiger partial charge in [0.15, 0.2) is 0 Å². The van der Waals surface area contributed by atoms with Crippen molar-refractivity contribution in [3.05, 3.63) is 0 Å². The SMILES string of the molecule is CCCOCCN(C)CC(C)O. The number of rotatable bonds is 7. The molecule has 0 saturated heterocycles. The summed E-state index contributed by atoms with van der Waals surface area (Å²) in [5.74, 6) is 0. The van der Waals surface area contributed by atoms with Crippen molar-refractivity contribution in [1.29, 1.82) is 0 Å². The minimum atomic E-state index is -0.249. The number of hydrogen-bond acceptors (Lipinski definition) is 3. The van der Waals surface area contributed by atoms with E-state index in [1.807, 2.05) is 7.05 Å². The molecule has 3 heteroatoms. The molecule has 1 atom stereocenters. The highest BCUT2D eigenvalue weighted by Gasteiger charge is 2.01. The summed E-state index contributed by atoms with van der Waals surface area (Å²) in [7, 11) is 1.99. The van der Waals surface area contributed by atoms with Gasteiger partial charge < -0.3 is 14.7 Å². The lowest BCUT2D eigenvalue weighted by Crippen LogP contribution is -2.30. The van der Waals surface area contributed by atoms with Crippen molar-refractivity contribution >= 4 is 0 Å². The fraction of sp³-hybridized carbons (Fsp3) is 1.00. The Morgan fingerprint density at radius 1 is 1.42 bits per heavy atom. The maximum absolute atomic E-state index is 9.04. The molecule has 0 heterocycles. The highest BCUT2D eigenvalue weighted by molar-refractivity contribution is 4.54. The summed E-state index contributed by atoms with van der Waals surface area (Å²) in [5, 5.41) is 9.04. The molecule has 0 aromatic carbocycles. The van der Waals surface area contributed by atoms with Gasteiger partial charge in [0.1, 0.15) is 0 Å². The van der Waals surface area contributed by atoms with Crippen LogP contribution in [0.4, 0.5) is 0 Å². The van der Waals surface area contributed by atoms with Gasteiger partial charge in [-0.25, -0.2) is 0 Å². The number of likely N-dealkylation sites (N-methyl/N-ethyl adjacent to an activating group) is 1. The lowest BCUT2D eigenvalue weighted by Gasteiger charge is -2.17. The Morgan fingerprint density at radius 3 is 2.58 bits per heavy atom. The predicted molar refractivity (Wildman–Crippen MR) is 50.3 cm³/mol. The number of aliphatic hydroxyl groups excluding tert-OH is 1. The van der Waals surface area contributed by atoms with Gasteiger partial charge in [-0.15, -0.1) is 0 Å². The zero-order valence-corrected chi connectivity index (χ0v) is 8.42. The first-order valence-corrected chi connectivity index (χ1v) is 4.61. The van der Waals surface area contributed by atoms with E-state index in [1.54, 1.807) is 6.92 Å². The third-order valence-electron chi connectivity index (χ3n) is 1.54. The molecule has 0 rings (SSSR count). The van der Waals surface area contributed by atoms with E-state index in [4.69, 9.17) is 9.84 Å². The third kappa shape index (κ3) is 7.98. The summed E-state index contributed by atoms with van der Waals surface area (Å²) < 4.78 is 5.31. The zero-order valence-electron chi connectivity index (χ0n) is 8.42. The van der Waals surface area contributed by atoms with Crippen LogP contribution in [0.3, 0.4) is 0 Å². The normalized spacial score (nSPS) is 13.8. The van der Waals surface area contributed by atoms with E-state index in [1.165, 1.54) is 0 Å². The highest BCUT2D eigenvalue weighted by Crippen LogP contribution is 1.88. The average Bonchev–Trinajstić information content (AvgIpc) is 1.97. The van der Waals surface area contributed by atoms with E-state index < -0.39 is 0 Å². The first-order chi connectivity index (χ1) is 5.66. The van der Waals surface area contributed by atoms with Crippen LogP contribution < -0.4 is 0 Å². The third-order valence-corrected chi connectivity index (χ3v) is 1.54. The predicted octanol–water partition coefficient (Wildman–Crippen LogP) is 0.726. The second-order valence-corrected chi connectivity index (χ2v) is 3.22. The van der Waals surface area contributed by atoms with Crippen molar-refractivity contribution < 1.29 is 9.84 Å². The Labute approximate surface area is 75.3 Å². The monoisotopic (exact) mass is 175 g/mol. The lowest BCUT2D eigenvalue weighted by atomic mass is 10.4. The molecule has 12 heavy (non-hydrogen) atoms. The highest BCUT2D eigenvalue weighted by atomic mass is 16.5. The summed E-state index contributed by atoms with van der Waals surface area (Å²) in [4.78, 5) is 2.07. The van der Waals surface area contributed by atoms with E-state index in [2.05, 4.69) is 11.8 Å². The molecule has 0 aliphatic rings. The molecule has 0 bridgehead atoms. The minimum Gasteiger partial charge on any atom is -0.392 e. The number of ether oxygens (including phenoxy) is 1. The second-order valence-electron chi connectivity index (χ2n) is 3.22. The van der Waals surface area contributed by atoms with Gasteiger partial charge in [0, 0.05) is 19.7 Å². The van der Waals surface area contributed by atoms with E-state index >= 15 is 0 Å². The van der Waals surface area contributed by atoms with Gasteiger partial charge in [0.05, 0.1) is 12.7 Å². The van der Waals surface area contributed by atoms with Crippen LogP contribution in [-0.2, 0) is 4.74 Å². The average molecular weight is 175 g/mol. The Bertz CT molecular complexity index is 96.5. The van der Waals surface area contributed by atoms with Gasteiger partial charge in [-0.3, -0.25) is 0 Å². The first-order valence-electron chi connectivity index (χ1n) is 4.61. The van der Waals surface area contributed by atoms with Gasteiger partial charge in [0.25, 0.3) is 0 Å². The summed E-state index contributed by atoms with van der Waals surface area (Å²) in [6, 6.07) is 0. The van der Waals surface area contributed by atoms with Crippen molar-refractivity contribution in [2.24, 2.45) is 0 Å². The topological polar surface area (TPSA) is 32.7 Å². The Morgan fingerprint density at radius 2 is 2.08 bits per heavy atom. The van der Waals surface area contributed by atoms with Crippen LogP contribution in [0.25, 0.3) is 0 Å². The maximum Gasteiger partial charge on any atom is 0.0638 e. The summed E-state index contributed by atoms with van der Waals surface area (Å²) in [5.41, 5.74) is 0.